The zero-order valence-corrected chi connectivity index (χ0v) is 20.1. The molecule has 0 saturated heterocycles. The van der Waals surface area contributed by atoms with Crippen LogP contribution in [0, 0.1) is 5.82 Å². The van der Waals surface area contributed by atoms with Gasteiger partial charge in [-0.25, -0.2) is 4.39 Å². The van der Waals surface area contributed by atoms with E-state index >= 15 is 0 Å². The highest BCUT2D eigenvalue weighted by Gasteiger charge is 2.18. The lowest BCUT2D eigenvalue weighted by atomic mass is 9.86. The monoisotopic (exact) mass is 455 g/mol. The maximum absolute atomic E-state index is 14.5. The van der Waals surface area contributed by atoms with Gasteiger partial charge >= 0.3 is 0 Å². The van der Waals surface area contributed by atoms with Gasteiger partial charge < -0.3 is 5.32 Å². The molecule has 0 spiro atoms. The Bertz CT molecular complexity index is 1120. The second-order valence-corrected chi connectivity index (χ2v) is 9.94. The maximum atomic E-state index is 14.5. The van der Waals surface area contributed by atoms with E-state index in [-0.39, 0.29) is 17.1 Å². The van der Waals surface area contributed by atoms with Crippen LogP contribution in [0.5, 0.6) is 0 Å². The van der Waals surface area contributed by atoms with Crippen LogP contribution in [0.1, 0.15) is 48.3 Å². The summed E-state index contributed by atoms with van der Waals surface area (Å²) in [4.78, 5) is 17.9. The van der Waals surface area contributed by atoms with Gasteiger partial charge in [-0.2, -0.15) is 0 Å². The second kappa shape index (κ2) is 9.47. The minimum Gasteiger partial charge on any atom is -0.342 e. The molecule has 0 aliphatic rings. The smallest absolute Gasteiger partial charge is 0.253 e. The SMILES string of the molecule is C=CC(NC(=O)c1cnc2cc(C(C)(C)C)ccc2c1)c1cc(F)c(SNC)c(P)c1. The Balaban J connectivity index is 1.85. The Kier molecular flexibility index (Phi) is 7.15. The average molecular weight is 456 g/mol. The van der Waals surface area contributed by atoms with Gasteiger partial charge in [0.25, 0.3) is 5.91 Å². The van der Waals surface area contributed by atoms with Crippen molar-refractivity contribution in [3.8, 4) is 0 Å². The molecule has 1 amide bonds. The van der Waals surface area contributed by atoms with Crippen molar-refractivity contribution >= 4 is 43.3 Å². The molecule has 31 heavy (non-hydrogen) atoms. The Morgan fingerprint density at radius 1 is 1.26 bits per heavy atom. The van der Waals surface area contributed by atoms with Crippen LogP contribution in [0.25, 0.3) is 10.9 Å². The van der Waals surface area contributed by atoms with Gasteiger partial charge in [0.2, 0.25) is 0 Å². The minimum atomic E-state index is -0.533. The number of fused-ring (bicyclic) bond motifs is 1. The zero-order valence-electron chi connectivity index (χ0n) is 18.1. The van der Waals surface area contributed by atoms with Crippen LogP contribution in [0.15, 0.2) is 60.1 Å². The van der Waals surface area contributed by atoms with Crippen LogP contribution in [-0.4, -0.2) is 17.9 Å². The molecule has 0 aliphatic heterocycles. The van der Waals surface area contributed by atoms with Gasteiger partial charge in [0.05, 0.1) is 22.0 Å². The zero-order chi connectivity index (χ0) is 22.8. The summed E-state index contributed by atoms with van der Waals surface area (Å²) in [6, 6.07) is 10.6. The number of halogens is 1. The third kappa shape index (κ3) is 5.32. The first-order chi connectivity index (χ1) is 14.6. The normalized spacial score (nSPS) is 12.6. The number of nitrogens with zero attached hydrogens (tertiary/aromatic N) is 1. The average Bonchev–Trinajstić information content (AvgIpc) is 2.72. The molecule has 3 aromatic rings. The van der Waals surface area contributed by atoms with Gasteiger partial charge in [-0.05, 0) is 65.1 Å². The molecule has 0 radical (unpaired) electrons. The summed E-state index contributed by atoms with van der Waals surface area (Å²) < 4.78 is 17.4. The van der Waals surface area contributed by atoms with E-state index in [0.717, 1.165) is 10.9 Å². The first-order valence-corrected chi connectivity index (χ1v) is 11.3. The fourth-order valence-corrected chi connectivity index (χ4v) is 4.29. The molecule has 0 aliphatic carbocycles. The lowest BCUT2D eigenvalue weighted by molar-refractivity contribution is 0.0944. The van der Waals surface area contributed by atoms with E-state index in [2.05, 4.69) is 63.7 Å². The van der Waals surface area contributed by atoms with Crippen LogP contribution in [0.4, 0.5) is 4.39 Å². The Morgan fingerprint density at radius 3 is 2.61 bits per heavy atom. The Labute approximate surface area is 189 Å². The maximum Gasteiger partial charge on any atom is 0.253 e. The van der Waals surface area contributed by atoms with Crippen molar-refractivity contribution in [1.29, 1.82) is 0 Å². The van der Waals surface area contributed by atoms with Crippen molar-refractivity contribution in [3.05, 3.63) is 77.8 Å². The molecule has 0 fully saturated rings. The number of hydrogen-bond acceptors (Lipinski definition) is 4. The standard InChI is InChI=1S/C24H27FN3OPS/c1-6-19(15-10-18(25)22(31-26-5)21(30)11-15)28-23(29)16-9-14-7-8-17(24(2,3)4)12-20(14)27-13-16/h6-13,19,26H,1,30H2,2-5H3,(H,28,29). The van der Waals surface area contributed by atoms with Crippen LogP contribution < -0.4 is 15.3 Å². The summed E-state index contributed by atoms with van der Waals surface area (Å²) in [5.74, 6) is -0.649. The molecular weight excluding hydrogens is 428 g/mol. The molecule has 3 rings (SSSR count). The molecule has 1 heterocycles. The topological polar surface area (TPSA) is 54.0 Å². The number of rotatable bonds is 6. The predicted octanol–water partition coefficient (Wildman–Crippen LogP) is 5.06. The molecule has 162 valence electrons. The van der Waals surface area contributed by atoms with Crippen LogP contribution in [0.2, 0.25) is 0 Å². The molecule has 2 N–H and O–H groups in total. The van der Waals surface area contributed by atoms with E-state index in [1.807, 2.05) is 18.2 Å². The number of aromatic nitrogens is 1. The Hall–Kier alpha value is -2.27. The molecule has 1 aromatic heterocycles. The molecule has 0 bridgehead atoms. The van der Waals surface area contributed by atoms with Crippen LogP contribution in [0.3, 0.4) is 0 Å². The summed E-state index contributed by atoms with van der Waals surface area (Å²) >= 11 is 1.20. The quantitative estimate of drug-likeness (QED) is 0.310. The van der Waals surface area contributed by atoms with Gasteiger partial charge in [-0.15, -0.1) is 15.8 Å². The van der Waals surface area contributed by atoms with Crippen LogP contribution >= 0.6 is 21.2 Å². The summed E-state index contributed by atoms with van der Waals surface area (Å²) in [6.45, 7) is 10.3. The first kappa shape index (κ1) is 23.4. The van der Waals surface area contributed by atoms with Crippen molar-refractivity contribution in [2.75, 3.05) is 7.05 Å². The molecule has 0 saturated carbocycles. The predicted molar refractivity (Wildman–Crippen MR) is 132 cm³/mol. The number of pyridine rings is 1. The second-order valence-electron chi connectivity index (χ2n) is 8.30. The minimum absolute atomic E-state index is 0.0238. The number of nitrogens with one attached hydrogen (secondary N) is 2. The van der Waals surface area contributed by atoms with E-state index in [9.17, 15) is 9.18 Å². The van der Waals surface area contributed by atoms with Crippen molar-refractivity contribution in [1.82, 2.24) is 15.0 Å². The summed E-state index contributed by atoms with van der Waals surface area (Å²) in [7, 11) is 4.26. The van der Waals surface area contributed by atoms with Crippen molar-refractivity contribution in [2.45, 2.75) is 37.1 Å². The fraction of sp³-hybridized carbons (Fsp3) is 0.250. The lowest BCUT2D eigenvalue weighted by Crippen LogP contribution is -2.28. The van der Waals surface area contributed by atoms with Crippen molar-refractivity contribution in [3.63, 3.8) is 0 Å². The van der Waals surface area contributed by atoms with E-state index in [1.54, 1.807) is 19.3 Å². The van der Waals surface area contributed by atoms with Gasteiger partial charge in [-0.3, -0.25) is 14.5 Å². The van der Waals surface area contributed by atoms with Gasteiger partial charge in [0.15, 0.2) is 0 Å². The van der Waals surface area contributed by atoms with Crippen molar-refractivity contribution in [2.24, 2.45) is 0 Å². The molecule has 2 aromatic carbocycles. The molecule has 2 atom stereocenters. The largest absolute Gasteiger partial charge is 0.342 e. The van der Waals surface area contributed by atoms with Gasteiger partial charge in [0, 0.05) is 11.6 Å². The summed E-state index contributed by atoms with van der Waals surface area (Å²) in [5, 5.41) is 4.51. The third-order valence-electron chi connectivity index (χ3n) is 4.99. The molecule has 2 unspecified atom stereocenters. The van der Waals surface area contributed by atoms with Crippen LogP contribution in [-0.2, 0) is 5.41 Å². The van der Waals surface area contributed by atoms with E-state index in [1.165, 1.54) is 23.6 Å². The molecular formula is C24H27FN3OPS. The first-order valence-electron chi connectivity index (χ1n) is 9.90. The van der Waals surface area contributed by atoms with E-state index < -0.39 is 6.04 Å². The molecule has 4 nitrogen and oxygen atoms in total. The number of hydrogen-bond donors (Lipinski definition) is 2. The summed E-state index contributed by atoms with van der Waals surface area (Å²) in [5.41, 5.74) is 3.12. The number of carbonyl (C=O) groups excluding carboxylic acids is 1. The van der Waals surface area contributed by atoms with Crippen molar-refractivity contribution < 1.29 is 9.18 Å². The fourth-order valence-electron chi connectivity index (χ4n) is 3.24. The number of benzene rings is 2. The van der Waals surface area contributed by atoms with E-state index in [4.69, 9.17) is 0 Å². The highest BCUT2D eigenvalue weighted by molar-refractivity contribution is 7.97. The van der Waals surface area contributed by atoms with E-state index in [0.29, 0.717) is 21.3 Å². The third-order valence-corrected chi connectivity index (χ3v) is 6.50. The highest BCUT2D eigenvalue weighted by atomic mass is 32.2. The molecule has 7 heteroatoms. The Morgan fingerprint density at radius 2 is 2.00 bits per heavy atom. The highest BCUT2D eigenvalue weighted by Crippen LogP contribution is 2.26. The van der Waals surface area contributed by atoms with Gasteiger partial charge in [-0.1, -0.05) is 39.0 Å². The van der Waals surface area contributed by atoms with Gasteiger partial charge in [0.1, 0.15) is 5.82 Å². The summed E-state index contributed by atoms with van der Waals surface area (Å²) in [6.07, 6.45) is 3.16. The number of amides is 1. The lowest BCUT2D eigenvalue weighted by Gasteiger charge is -2.19. The number of carbonyl (C=O) groups is 1.